The van der Waals surface area contributed by atoms with Gasteiger partial charge < -0.3 is 19.7 Å². The number of anilines is 1. The van der Waals surface area contributed by atoms with Crippen molar-refractivity contribution in [2.75, 3.05) is 32.6 Å². The first kappa shape index (κ1) is 32.8. The van der Waals surface area contributed by atoms with Crippen molar-refractivity contribution in [3.8, 4) is 11.1 Å². The molecule has 228 valence electrons. The topological polar surface area (TPSA) is 102 Å². The van der Waals surface area contributed by atoms with E-state index in [0.717, 1.165) is 12.1 Å². The zero-order chi connectivity index (χ0) is 31.7. The molecule has 0 heterocycles. The van der Waals surface area contributed by atoms with E-state index in [2.05, 4.69) is 5.32 Å². The summed E-state index contributed by atoms with van der Waals surface area (Å²) in [6.07, 6.45) is -4.24. The van der Waals surface area contributed by atoms with Gasteiger partial charge in [-0.25, -0.2) is 0 Å². The SMILES string of the molecule is CCOC(=O)C(CC)COC(=O)Cc1ccc(NC(=O)c2ccccc2-c2ccc(C(F)(F)F)cc2)c(C(=O)N(C)C)c1. The molecule has 0 aliphatic carbocycles. The van der Waals surface area contributed by atoms with Crippen molar-refractivity contribution in [3.63, 3.8) is 0 Å². The number of amides is 2. The van der Waals surface area contributed by atoms with Gasteiger partial charge in [0, 0.05) is 19.7 Å². The molecule has 0 saturated carbocycles. The summed E-state index contributed by atoms with van der Waals surface area (Å²) in [4.78, 5) is 52.2. The van der Waals surface area contributed by atoms with Crippen molar-refractivity contribution >= 4 is 29.4 Å². The van der Waals surface area contributed by atoms with Gasteiger partial charge in [0.2, 0.25) is 0 Å². The molecule has 0 bridgehead atoms. The van der Waals surface area contributed by atoms with Crippen molar-refractivity contribution in [3.05, 3.63) is 89.0 Å². The van der Waals surface area contributed by atoms with E-state index in [1.165, 1.54) is 49.3 Å². The van der Waals surface area contributed by atoms with Crippen LogP contribution in [0.15, 0.2) is 66.7 Å². The number of hydrogen-bond donors (Lipinski definition) is 1. The van der Waals surface area contributed by atoms with E-state index in [1.54, 1.807) is 38.1 Å². The summed E-state index contributed by atoms with van der Waals surface area (Å²) in [5.74, 6) is -2.65. The van der Waals surface area contributed by atoms with Gasteiger partial charge in [0.1, 0.15) is 6.61 Å². The van der Waals surface area contributed by atoms with Crippen LogP contribution in [0.2, 0.25) is 0 Å². The molecule has 0 aliphatic rings. The van der Waals surface area contributed by atoms with Crippen molar-refractivity contribution in [2.24, 2.45) is 5.92 Å². The molecule has 0 aromatic heterocycles. The number of benzene rings is 3. The molecule has 3 aromatic rings. The predicted molar refractivity (Wildman–Crippen MR) is 154 cm³/mol. The Bertz CT molecular complexity index is 1470. The summed E-state index contributed by atoms with van der Waals surface area (Å²) >= 11 is 0. The lowest BCUT2D eigenvalue weighted by molar-refractivity contribution is -0.154. The van der Waals surface area contributed by atoms with Gasteiger partial charge in [0.25, 0.3) is 11.8 Å². The minimum Gasteiger partial charge on any atom is -0.466 e. The van der Waals surface area contributed by atoms with E-state index >= 15 is 0 Å². The third-order valence-electron chi connectivity index (χ3n) is 6.57. The lowest BCUT2D eigenvalue weighted by Crippen LogP contribution is -2.25. The summed E-state index contributed by atoms with van der Waals surface area (Å²) in [6.45, 7) is 3.55. The Morgan fingerprint density at radius 3 is 2.16 bits per heavy atom. The van der Waals surface area contributed by atoms with Crippen LogP contribution in [-0.2, 0) is 31.7 Å². The van der Waals surface area contributed by atoms with Gasteiger partial charge in [-0.2, -0.15) is 13.2 Å². The fourth-order valence-corrected chi connectivity index (χ4v) is 4.21. The molecule has 11 heteroatoms. The van der Waals surface area contributed by atoms with Crippen LogP contribution >= 0.6 is 0 Å². The number of carbonyl (C=O) groups is 4. The van der Waals surface area contributed by atoms with E-state index in [1.807, 2.05) is 0 Å². The van der Waals surface area contributed by atoms with Gasteiger partial charge in [-0.15, -0.1) is 0 Å². The Labute approximate surface area is 247 Å². The van der Waals surface area contributed by atoms with Gasteiger partial charge in [-0.1, -0.05) is 43.3 Å². The number of esters is 2. The van der Waals surface area contributed by atoms with E-state index in [0.29, 0.717) is 23.1 Å². The molecular formula is C32H33F3N2O6. The number of halogens is 3. The molecule has 2 amide bonds. The fraction of sp³-hybridized carbons (Fsp3) is 0.312. The highest BCUT2D eigenvalue weighted by Gasteiger charge is 2.30. The normalized spacial score (nSPS) is 11.8. The molecule has 3 rings (SSSR count). The Morgan fingerprint density at radius 1 is 0.884 bits per heavy atom. The third-order valence-corrected chi connectivity index (χ3v) is 6.57. The first-order valence-corrected chi connectivity index (χ1v) is 13.6. The highest BCUT2D eigenvalue weighted by Crippen LogP contribution is 2.32. The largest absolute Gasteiger partial charge is 0.466 e. The van der Waals surface area contributed by atoms with Crippen molar-refractivity contribution in [1.29, 1.82) is 0 Å². The van der Waals surface area contributed by atoms with Crippen molar-refractivity contribution < 1.29 is 41.8 Å². The average molecular weight is 599 g/mol. The number of nitrogens with one attached hydrogen (secondary N) is 1. The van der Waals surface area contributed by atoms with Crippen LogP contribution in [0.4, 0.5) is 18.9 Å². The summed E-state index contributed by atoms with van der Waals surface area (Å²) in [5.41, 5.74) is 0.934. The minimum atomic E-state index is -4.49. The number of rotatable bonds is 11. The Hall–Kier alpha value is -4.67. The average Bonchev–Trinajstić information content (AvgIpc) is 2.97. The maximum absolute atomic E-state index is 13.4. The molecule has 0 aliphatic heterocycles. The number of alkyl halides is 3. The van der Waals surface area contributed by atoms with Crippen LogP contribution in [0.3, 0.4) is 0 Å². The maximum atomic E-state index is 13.4. The number of carbonyl (C=O) groups excluding carboxylic acids is 4. The number of nitrogens with zero attached hydrogens (tertiary/aromatic N) is 1. The molecule has 0 fully saturated rings. The molecular weight excluding hydrogens is 565 g/mol. The van der Waals surface area contributed by atoms with Crippen LogP contribution in [0.5, 0.6) is 0 Å². The zero-order valence-electron chi connectivity index (χ0n) is 24.3. The number of hydrogen-bond acceptors (Lipinski definition) is 6. The summed E-state index contributed by atoms with van der Waals surface area (Å²) in [5, 5.41) is 2.73. The van der Waals surface area contributed by atoms with E-state index < -0.39 is 41.4 Å². The van der Waals surface area contributed by atoms with E-state index in [4.69, 9.17) is 9.47 Å². The van der Waals surface area contributed by atoms with Crippen molar-refractivity contribution in [1.82, 2.24) is 4.90 Å². The van der Waals surface area contributed by atoms with E-state index in [9.17, 15) is 32.3 Å². The van der Waals surface area contributed by atoms with Gasteiger partial charge in [-0.05, 0) is 60.4 Å². The third kappa shape index (κ3) is 8.67. The van der Waals surface area contributed by atoms with Gasteiger partial charge >= 0.3 is 18.1 Å². The lowest BCUT2D eigenvalue weighted by Gasteiger charge is -2.17. The molecule has 0 saturated heterocycles. The lowest BCUT2D eigenvalue weighted by atomic mass is 9.97. The Kier molecular flexibility index (Phi) is 11.1. The molecule has 43 heavy (non-hydrogen) atoms. The highest BCUT2D eigenvalue weighted by molar-refractivity contribution is 6.11. The second-order valence-corrected chi connectivity index (χ2v) is 9.87. The summed E-state index contributed by atoms with van der Waals surface area (Å²) in [6, 6.07) is 15.4. The number of ether oxygens (including phenoxy) is 2. The molecule has 1 N–H and O–H groups in total. The molecule has 8 nitrogen and oxygen atoms in total. The van der Waals surface area contributed by atoms with Crippen LogP contribution < -0.4 is 5.32 Å². The van der Waals surface area contributed by atoms with Crippen LogP contribution in [-0.4, -0.2) is 56.0 Å². The molecule has 1 unspecified atom stereocenters. The van der Waals surface area contributed by atoms with Crippen LogP contribution in [0.25, 0.3) is 11.1 Å². The van der Waals surface area contributed by atoms with Crippen LogP contribution in [0, 0.1) is 5.92 Å². The quantitative estimate of drug-likeness (QED) is 0.272. The Balaban J connectivity index is 1.83. The van der Waals surface area contributed by atoms with Crippen LogP contribution in [0.1, 0.15) is 52.1 Å². The second kappa shape index (κ2) is 14.5. The van der Waals surface area contributed by atoms with Crippen molar-refractivity contribution in [2.45, 2.75) is 32.9 Å². The first-order chi connectivity index (χ1) is 20.3. The molecule has 3 aromatic carbocycles. The monoisotopic (exact) mass is 598 g/mol. The second-order valence-electron chi connectivity index (χ2n) is 9.87. The maximum Gasteiger partial charge on any atom is 0.416 e. The summed E-state index contributed by atoms with van der Waals surface area (Å²) in [7, 11) is 3.07. The molecule has 0 radical (unpaired) electrons. The summed E-state index contributed by atoms with van der Waals surface area (Å²) < 4.78 is 49.4. The van der Waals surface area contributed by atoms with Gasteiger partial charge in [0.15, 0.2) is 0 Å². The molecule has 0 spiro atoms. The minimum absolute atomic E-state index is 0.119. The fourth-order valence-electron chi connectivity index (χ4n) is 4.21. The first-order valence-electron chi connectivity index (χ1n) is 13.6. The van der Waals surface area contributed by atoms with Gasteiger partial charge in [-0.3, -0.25) is 19.2 Å². The standard InChI is InChI=1S/C32H33F3N2O6/c1-5-21(31(41)42-6-2)19-43-28(38)18-20-11-16-27(26(17-20)30(40)37(3)4)36-29(39)25-10-8-7-9-24(25)22-12-14-23(15-13-22)32(33,34)35/h7-17,21H,5-6,18-19H2,1-4H3,(H,36,39). The molecule has 1 atom stereocenters. The Morgan fingerprint density at radius 2 is 1.56 bits per heavy atom. The zero-order valence-corrected chi connectivity index (χ0v) is 24.3. The van der Waals surface area contributed by atoms with E-state index in [-0.39, 0.29) is 36.4 Å². The van der Waals surface area contributed by atoms with Gasteiger partial charge in [0.05, 0.1) is 35.8 Å². The predicted octanol–water partition coefficient (Wildman–Crippen LogP) is 6.00. The smallest absolute Gasteiger partial charge is 0.416 e. The highest BCUT2D eigenvalue weighted by atomic mass is 19.4.